The molecule has 2 aliphatic carbocycles. The van der Waals surface area contributed by atoms with E-state index >= 15 is 0 Å². The third-order valence-corrected chi connectivity index (χ3v) is 6.28. The Hall–Kier alpha value is -1.57. The Kier molecular flexibility index (Phi) is 6.34. The molecule has 3 rings (SSSR count). The van der Waals surface area contributed by atoms with Gasteiger partial charge in [-0.15, -0.1) is 0 Å². The van der Waals surface area contributed by atoms with Gasteiger partial charge in [-0.25, -0.2) is 4.79 Å². The molecule has 0 aliphatic heterocycles. The lowest BCUT2D eigenvalue weighted by atomic mass is 9.76. The molecule has 1 atom stereocenters. The molecule has 1 saturated carbocycles. The van der Waals surface area contributed by atoms with E-state index in [4.69, 9.17) is 4.74 Å². The molecule has 0 heterocycles. The Morgan fingerprint density at radius 2 is 1.64 bits per heavy atom. The van der Waals surface area contributed by atoms with Crippen LogP contribution in [0.1, 0.15) is 87.7 Å². The highest BCUT2D eigenvalue weighted by molar-refractivity contribution is 5.88. The molecular formula is C23H32O2. The summed E-state index contributed by atoms with van der Waals surface area (Å²) in [6.07, 6.45) is 13.2. The lowest BCUT2D eigenvalue weighted by molar-refractivity contribution is -0.136. The van der Waals surface area contributed by atoms with Gasteiger partial charge < -0.3 is 4.74 Å². The fraction of sp³-hybridized carbons (Fsp3) is 0.609. The van der Waals surface area contributed by atoms with Gasteiger partial charge in [-0.2, -0.15) is 0 Å². The van der Waals surface area contributed by atoms with E-state index in [1.54, 1.807) is 0 Å². The van der Waals surface area contributed by atoms with Crippen LogP contribution in [-0.2, 0) is 9.53 Å². The molecule has 0 amide bonds. The van der Waals surface area contributed by atoms with Crippen LogP contribution in [0.2, 0.25) is 0 Å². The predicted octanol–water partition coefficient (Wildman–Crippen LogP) is 6.13. The highest BCUT2D eigenvalue weighted by atomic mass is 16.5. The highest BCUT2D eigenvalue weighted by Gasteiger charge is 2.23. The van der Waals surface area contributed by atoms with Gasteiger partial charge in [-0.1, -0.05) is 50.1 Å². The third-order valence-electron chi connectivity index (χ3n) is 6.28. The van der Waals surface area contributed by atoms with Crippen molar-refractivity contribution in [2.45, 2.75) is 76.5 Å². The van der Waals surface area contributed by atoms with Gasteiger partial charge in [0.15, 0.2) is 0 Å². The Labute approximate surface area is 152 Å². The minimum absolute atomic E-state index is 0.160. The van der Waals surface area contributed by atoms with Crippen molar-refractivity contribution in [3.8, 4) is 0 Å². The second-order valence-electron chi connectivity index (χ2n) is 7.87. The SMILES string of the molecule is CCC[C@H]1CC[C@H](c2ccc(C3CC=C(C(=O)OC)CC3)cc2)CC1. The first kappa shape index (κ1) is 18.2. The summed E-state index contributed by atoms with van der Waals surface area (Å²) in [7, 11) is 1.46. The van der Waals surface area contributed by atoms with Gasteiger partial charge in [-0.05, 0) is 73.8 Å². The number of allylic oxidation sites excluding steroid dienone is 1. The van der Waals surface area contributed by atoms with Gasteiger partial charge in [0.05, 0.1) is 7.11 Å². The first-order valence-electron chi connectivity index (χ1n) is 10.1. The van der Waals surface area contributed by atoms with Crippen LogP contribution in [0.4, 0.5) is 0 Å². The first-order chi connectivity index (χ1) is 12.2. The van der Waals surface area contributed by atoms with E-state index in [1.807, 2.05) is 0 Å². The number of hydrogen-bond donors (Lipinski definition) is 0. The maximum absolute atomic E-state index is 11.6. The van der Waals surface area contributed by atoms with Crippen molar-refractivity contribution < 1.29 is 9.53 Å². The summed E-state index contributed by atoms with van der Waals surface area (Å²) >= 11 is 0. The van der Waals surface area contributed by atoms with Crippen molar-refractivity contribution in [1.29, 1.82) is 0 Å². The second-order valence-corrected chi connectivity index (χ2v) is 7.87. The van der Waals surface area contributed by atoms with Crippen molar-refractivity contribution in [2.24, 2.45) is 5.92 Å². The van der Waals surface area contributed by atoms with Crippen molar-refractivity contribution in [3.63, 3.8) is 0 Å². The summed E-state index contributed by atoms with van der Waals surface area (Å²) in [4.78, 5) is 11.6. The molecule has 25 heavy (non-hydrogen) atoms. The topological polar surface area (TPSA) is 26.3 Å². The fourth-order valence-electron chi connectivity index (χ4n) is 4.69. The molecule has 2 nitrogen and oxygen atoms in total. The summed E-state index contributed by atoms with van der Waals surface area (Å²) in [5, 5.41) is 0. The monoisotopic (exact) mass is 340 g/mol. The van der Waals surface area contributed by atoms with Crippen LogP contribution < -0.4 is 0 Å². The van der Waals surface area contributed by atoms with Gasteiger partial charge >= 0.3 is 5.97 Å². The van der Waals surface area contributed by atoms with E-state index in [-0.39, 0.29) is 5.97 Å². The zero-order valence-corrected chi connectivity index (χ0v) is 15.8. The Morgan fingerprint density at radius 1 is 1.00 bits per heavy atom. The van der Waals surface area contributed by atoms with E-state index < -0.39 is 0 Å². The van der Waals surface area contributed by atoms with Crippen LogP contribution in [0, 0.1) is 5.92 Å². The summed E-state index contributed by atoms with van der Waals surface area (Å²) in [5.41, 5.74) is 3.79. The number of rotatable bonds is 5. The molecule has 2 heteroatoms. The minimum atomic E-state index is -0.160. The molecular weight excluding hydrogens is 308 g/mol. The molecule has 1 aromatic carbocycles. The van der Waals surface area contributed by atoms with E-state index in [0.29, 0.717) is 5.92 Å². The van der Waals surface area contributed by atoms with E-state index in [0.717, 1.165) is 36.7 Å². The lowest BCUT2D eigenvalue weighted by Gasteiger charge is -2.29. The number of hydrogen-bond acceptors (Lipinski definition) is 2. The Morgan fingerprint density at radius 3 is 2.16 bits per heavy atom. The first-order valence-corrected chi connectivity index (χ1v) is 10.1. The molecule has 0 bridgehead atoms. The van der Waals surface area contributed by atoms with Gasteiger partial charge in [0.25, 0.3) is 0 Å². The molecule has 1 unspecified atom stereocenters. The summed E-state index contributed by atoms with van der Waals surface area (Å²) in [6.45, 7) is 2.30. The van der Waals surface area contributed by atoms with Crippen LogP contribution >= 0.6 is 0 Å². The van der Waals surface area contributed by atoms with Gasteiger partial charge in [0.1, 0.15) is 0 Å². The largest absolute Gasteiger partial charge is 0.466 e. The molecule has 0 saturated heterocycles. The summed E-state index contributed by atoms with van der Waals surface area (Å²) in [5.74, 6) is 2.12. The maximum Gasteiger partial charge on any atom is 0.333 e. The average Bonchev–Trinajstić information content (AvgIpc) is 2.68. The van der Waals surface area contributed by atoms with Gasteiger partial charge in [0.2, 0.25) is 0 Å². The van der Waals surface area contributed by atoms with Crippen molar-refractivity contribution in [3.05, 3.63) is 47.0 Å². The highest BCUT2D eigenvalue weighted by Crippen LogP contribution is 2.38. The van der Waals surface area contributed by atoms with Crippen LogP contribution in [0.15, 0.2) is 35.9 Å². The summed E-state index contributed by atoms with van der Waals surface area (Å²) in [6, 6.07) is 9.38. The normalized spacial score (nSPS) is 26.8. The Balaban J connectivity index is 1.56. The van der Waals surface area contributed by atoms with E-state index in [9.17, 15) is 4.79 Å². The molecule has 0 spiro atoms. The number of esters is 1. The zero-order valence-electron chi connectivity index (χ0n) is 15.8. The molecule has 136 valence electrons. The van der Waals surface area contributed by atoms with E-state index in [1.165, 1.54) is 56.8 Å². The van der Waals surface area contributed by atoms with Gasteiger partial charge in [0, 0.05) is 5.57 Å². The predicted molar refractivity (Wildman–Crippen MR) is 103 cm³/mol. The molecule has 1 aromatic rings. The van der Waals surface area contributed by atoms with Crippen molar-refractivity contribution in [1.82, 2.24) is 0 Å². The minimum Gasteiger partial charge on any atom is -0.466 e. The van der Waals surface area contributed by atoms with E-state index in [2.05, 4.69) is 37.3 Å². The third kappa shape index (κ3) is 4.54. The number of ether oxygens (including phenoxy) is 1. The van der Waals surface area contributed by atoms with Crippen LogP contribution in [-0.4, -0.2) is 13.1 Å². The molecule has 2 aliphatic rings. The average molecular weight is 341 g/mol. The van der Waals surface area contributed by atoms with Crippen LogP contribution in [0.5, 0.6) is 0 Å². The van der Waals surface area contributed by atoms with Crippen LogP contribution in [0.3, 0.4) is 0 Å². The number of methoxy groups -OCH3 is 1. The number of carbonyl (C=O) groups excluding carboxylic acids is 1. The number of benzene rings is 1. The van der Waals surface area contributed by atoms with Crippen LogP contribution in [0.25, 0.3) is 0 Å². The smallest absolute Gasteiger partial charge is 0.333 e. The molecule has 0 radical (unpaired) electrons. The van der Waals surface area contributed by atoms with Crippen molar-refractivity contribution >= 4 is 5.97 Å². The quantitative estimate of drug-likeness (QED) is 0.603. The summed E-state index contributed by atoms with van der Waals surface area (Å²) < 4.78 is 4.83. The Bertz CT molecular complexity index is 591. The fourth-order valence-corrected chi connectivity index (χ4v) is 4.69. The molecule has 1 fully saturated rings. The van der Waals surface area contributed by atoms with Crippen molar-refractivity contribution in [2.75, 3.05) is 7.11 Å². The lowest BCUT2D eigenvalue weighted by Crippen LogP contribution is -2.13. The number of carbonyl (C=O) groups is 1. The molecule has 0 aromatic heterocycles. The van der Waals surface area contributed by atoms with Gasteiger partial charge in [-0.3, -0.25) is 0 Å². The zero-order chi connectivity index (χ0) is 17.6. The maximum atomic E-state index is 11.6. The standard InChI is InChI=1S/C23H32O2/c1-3-4-17-5-7-18(8-6-17)19-9-11-20(12-10-19)21-13-15-22(16-14-21)23(24)25-2/h9-12,15,17-18,21H,3-8,13-14,16H2,1-2H3/t17-,18-,21?. The second kappa shape index (κ2) is 8.69. The molecule has 0 N–H and O–H groups in total.